The quantitative estimate of drug-likeness (QED) is 0.932. The van der Waals surface area contributed by atoms with Gasteiger partial charge in [-0.15, -0.1) is 0 Å². The van der Waals surface area contributed by atoms with Crippen LogP contribution in [0.4, 0.5) is 5.69 Å². The van der Waals surface area contributed by atoms with Gasteiger partial charge in [-0.25, -0.2) is 9.78 Å². The number of carboxylic acids is 1. The minimum atomic E-state index is -1.06. The zero-order chi connectivity index (χ0) is 15.5. The molecule has 1 aromatic carbocycles. The van der Waals surface area contributed by atoms with Crippen LogP contribution in [0.25, 0.3) is 0 Å². The molecule has 6 heteroatoms. The number of oxazole rings is 1. The van der Waals surface area contributed by atoms with Gasteiger partial charge in [0.1, 0.15) is 6.26 Å². The van der Waals surface area contributed by atoms with E-state index in [-0.39, 0.29) is 5.69 Å². The van der Waals surface area contributed by atoms with E-state index < -0.39 is 5.97 Å². The fraction of sp³-hybridized carbons (Fsp3) is 0.375. The van der Waals surface area contributed by atoms with Gasteiger partial charge in [0, 0.05) is 31.4 Å². The molecule has 1 aromatic heterocycles. The second-order valence-electron chi connectivity index (χ2n) is 5.54. The Bertz CT molecular complexity index is 641. The van der Waals surface area contributed by atoms with Crippen LogP contribution in [0.2, 0.25) is 0 Å². The fourth-order valence-electron chi connectivity index (χ4n) is 2.85. The molecular formula is C16H19N3O3. The van der Waals surface area contributed by atoms with E-state index in [1.165, 1.54) is 12.0 Å². The SMILES string of the molecule is CC1CN(Cc2nc(C(=O)O)co2)CCN1c1ccccc1. The van der Waals surface area contributed by atoms with Crippen LogP contribution < -0.4 is 4.90 Å². The van der Waals surface area contributed by atoms with Gasteiger partial charge in [-0.1, -0.05) is 18.2 Å². The summed E-state index contributed by atoms with van der Waals surface area (Å²) >= 11 is 0. The second-order valence-corrected chi connectivity index (χ2v) is 5.54. The largest absolute Gasteiger partial charge is 0.476 e. The Hall–Kier alpha value is -2.34. The Balaban J connectivity index is 1.61. The zero-order valence-electron chi connectivity index (χ0n) is 12.5. The van der Waals surface area contributed by atoms with Crippen LogP contribution >= 0.6 is 0 Å². The van der Waals surface area contributed by atoms with E-state index in [9.17, 15) is 4.79 Å². The molecule has 1 aliphatic rings. The van der Waals surface area contributed by atoms with E-state index in [1.54, 1.807) is 0 Å². The first-order valence-corrected chi connectivity index (χ1v) is 7.35. The van der Waals surface area contributed by atoms with Crippen molar-refractivity contribution in [2.75, 3.05) is 24.5 Å². The van der Waals surface area contributed by atoms with Gasteiger partial charge in [0.05, 0.1) is 6.54 Å². The summed E-state index contributed by atoms with van der Waals surface area (Å²) in [5.74, 6) is -0.602. The van der Waals surface area contributed by atoms with E-state index in [2.05, 4.69) is 46.0 Å². The lowest BCUT2D eigenvalue weighted by Crippen LogP contribution is -2.51. The average Bonchev–Trinajstić information content (AvgIpc) is 2.97. The van der Waals surface area contributed by atoms with Crippen molar-refractivity contribution in [1.29, 1.82) is 0 Å². The Morgan fingerprint density at radius 2 is 2.14 bits per heavy atom. The lowest BCUT2D eigenvalue weighted by Gasteiger charge is -2.40. The summed E-state index contributed by atoms with van der Waals surface area (Å²) in [6.07, 6.45) is 1.20. The molecule has 0 radical (unpaired) electrons. The van der Waals surface area contributed by atoms with Crippen LogP contribution in [0.1, 0.15) is 23.3 Å². The van der Waals surface area contributed by atoms with E-state index in [4.69, 9.17) is 9.52 Å². The lowest BCUT2D eigenvalue weighted by atomic mass is 10.1. The summed E-state index contributed by atoms with van der Waals surface area (Å²) in [7, 11) is 0. The molecule has 1 saturated heterocycles. The van der Waals surface area contributed by atoms with Crippen LogP contribution in [-0.2, 0) is 6.54 Å². The van der Waals surface area contributed by atoms with Crippen LogP contribution in [0.15, 0.2) is 41.0 Å². The number of piperazine rings is 1. The minimum absolute atomic E-state index is 0.0361. The standard InChI is InChI=1S/C16H19N3O3/c1-12-9-18(10-15-17-14(11-22-15)16(20)21)7-8-19(12)13-5-3-2-4-6-13/h2-6,11-12H,7-10H2,1H3,(H,20,21). The van der Waals surface area contributed by atoms with Crippen molar-refractivity contribution in [3.05, 3.63) is 48.2 Å². The van der Waals surface area contributed by atoms with Crippen LogP contribution in [0, 0.1) is 0 Å². The maximum absolute atomic E-state index is 10.8. The topological polar surface area (TPSA) is 69.8 Å². The highest BCUT2D eigenvalue weighted by Gasteiger charge is 2.25. The highest BCUT2D eigenvalue weighted by molar-refractivity contribution is 5.84. The Kier molecular flexibility index (Phi) is 4.11. The molecule has 1 N–H and O–H groups in total. The van der Waals surface area contributed by atoms with Gasteiger partial charge < -0.3 is 14.4 Å². The molecule has 0 saturated carbocycles. The van der Waals surface area contributed by atoms with E-state index in [1.807, 2.05) is 6.07 Å². The average molecular weight is 301 g/mol. The van der Waals surface area contributed by atoms with Crippen molar-refractivity contribution in [2.45, 2.75) is 19.5 Å². The Morgan fingerprint density at radius 3 is 2.77 bits per heavy atom. The number of carboxylic acid groups (broad SMARTS) is 1. The predicted molar refractivity (Wildman–Crippen MR) is 82.0 cm³/mol. The lowest BCUT2D eigenvalue weighted by molar-refractivity contribution is 0.0690. The number of carbonyl (C=O) groups is 1. The van der Waals surface area contributed by atoms with Crippen LogP contribution in [0.5, 0.6) is 0 Å². The summed E-state index contributed by atoms with van der Waals surface area (Å²) in [6.45, 7) is 5.44. The molecule has 1 atom stereocenters. The number of rotatable bonds is 4. The van der Waals surface area contributed by atoms with Crippen molar-refractivity contribution in [3.63, 3.8) is 0 Å². The first kappa shape index (κ1) is 14.6. The van der Waals surface area contributed by atoms with E-state index in [0.29, 0.717) is 18.5 Å². The number of anilines is 1. The van der Waals surface area contributed by atoms with Gasteiger partial charge in [-0.2, -0.15) is 0 Å². The number of para-hydroxylation sites is 1. The van der Waals surface area contributed by atoms with E-state index >= 15 is 0 Å². The molecular weight excluding hydrogens is 282 g/mol. The Labute approximate surface area is 129 Å². The number of aromatic carboxylic acids is 1. The summed E-state index contributed by atoms with van der Waals surface area (Å²) in [6, 6.07) is 10.7. The van der Waals surface area contributed by atoms with Crippen molar-refractivity contribution in [1.82, 2.24) is 9.88 Å². The van der Waals surface area contributed by atoms with E-state index in [0.717, 1.165) is 19.6 Å². The number of hydrogen-bond acceptors (Lipinski definition) is 5. The number of nitrogens with zero attached hydrogens (tertiary/aromatic N) is 3. The predicted octanol–water partition coefficient (Wildman–Crippen LogP) is 2.08. The van der Waals surface area contributed by atoms with Gasteiger partial charge in [0.25, 0.3) is 0 Å². The zero-order valence-corrected chi connectivity index (χ0v) is 12.5. The Morgan fingerprint density at radius 1 is 1.36 bits per heavy atom. The molecule has 1 aliphatic heterocycles. The van der Waals surface area contributed by atoms with Gasteiger partial charge in [-0.05, 0) is 19.1 Å². The summed E-state index contributed by atoms with van der Waals surface area (Å²) in [5.41, 5.74) is 1.20. The second kappa shape index (κ2) is 6.19. The van der Waals surface area contributed by atoms with Gasteiger partial charge in [0.15, 0.2) is 5.69 Å². The highest BCUT2D eigenvalue weighted by atomic mass is 16.4. The van der Waals surface area contributed by atoms with Gasteiger partial charge in [0.2, 0.25) is 5.89 Å². The third-order valence-corrected chi connectivity index (χ3v) is 3.93. The molecule has 0 spiro atoms. The summed E-state index contributed by atoms with van der Waals surface area (Å²) < 4.78 is 5.23. The van der Waals surface area contributed by atoms with Crippen molar-refractivity contribution < 1.29 is 14.3 Å². The maximum Gasteiger partial charge on any atom is 0.357 e. The monoisotopic (exact) mass is 301 g/mol. The molecule has 1 fully saturated rings. The third-order valence-electron chi connectivity index (χ3n) is 3.93. The van der Waals surface area contributed by atoms with Crippen molar-refractivity contribution in [3.8, 4) is 0 Å². The molecule has 22 heavy (non-hydrogen) atoms. The van der Waals surface area contributed by atoms with Gasteiger partial charge >= 0.3 is 5.97 Å². The molecule has 1 unspecified atom stereocenters. The molecule has 2 heterocycles. The van der Waals surface area contributed by atoms with Crippen LogP contribution in [-0.4, -0.2) is 46.6 Å². The number of benzene rings is 1. The normalized spacial score (nSPS) is 19.3. The number of aromatic nitrogens is 1. The molecule has 6 nitrogen and oxygen atoms in total. The minimum Gasteiger partial charge on any atom is -0.476 e. The van der Waals surface area contributed by atoms with Gasteiger partial charge in [-0.3, -0.25) is 4.90 Å². The molecule has 0 aliphatic carbocycles. The smallest absolute Gasteiger partial charge is 0.357 e. The highest BCUT2D eigenvalue weighted by Crippen LogP contribution is 2.21. The first-order valence-electron chi connectivity index (χ1n) is 7.35. The number of hydrogen-bond donors (Lipinski definition) is 1. The molecule has 2 aromatic rings. The maximum atomic E-state index is 10.8. The summed E-state index contributed by atoms with van der Waals surface area (Å²) in [5, 5.41) is 8.86. The first-order chi connectivity index (χ1) is 10.6. The summed E-state index contributed by atoms with van der Waals surface area (Å²) in [4.78, 5) is 19.4. The van der Waals surface area contributed by atoms with Crippen molar-refractivity contribution >= 4 is 11.7 Å². The molecule has 3 rings (SSSR count). The van der Waals surface area contributed by atoms with Crippen molar-refractivity contribution in [2.24, 2.45) is 0 Å². The third kappa shape index (κ3) is 3.12. The molecule has 0 bridgehead atoms. The molecule has 116 valence electrons. The fourth-order valence-corrected chi connectivity index (χ4v) is 2.85. The molecule has 0 amide bonds. The van der Waals surface area contributed by atoms with Crippen LogP contribution in [0.3, 0.4) is 0 Å².